The Morgan fingerprint density at radius 1 is 0.760 bits per heavy atom. The lowest BCUT2D eigenvalue weighted by Gasteiger charge is -2.28. The van der Waals surface area contributed by atoms with Crippen molar-refractivity contribution >= 4 is 11.4 Å². The molecule has 3 aromatic rings. The molecule has 0 spiro atoms. The van der Waals surface area contributed by atoms with Gasteiger partial charge in [-0.25, -0.2) is 0 Å². The smallest absolute Gasteiger partial charge is 0.0554 e. The van der Waals surface area contributed by atoms with Gasteiger partial charge in [-0.15, -0.1) is 0 Å². The quantitative estimate of drug-likeness (QED) is 0.600. The normalized spacial score (nSPS) is 14.3. The van der Waals surface area contributed by atoms with Crippen molar-refractivity contribution in [3.63, 3.8) is 0 Å². The van der Waals surface area contributed by atoms with Gasteiger partial charge in [-0.05, 0) is 77.3 Å². The van der Waals surface area contributed by atoms with E-state index in [1.807, 2.05) is 18.2 Å². The van der Waals surface area contributed by atoms with Gasteiger partial charge in [-0.1, -0.05) is 48.9 Å². The van der Waals surface area contributed by atoms with Gasteiger partial charge in [0.1, 0.15) is 0 Å². The summed E-state index contributed by atoms with van der Waals surface area (Å²) in [5.74, 6) is 0.714. The third kappa shape index (κ3) is 2.89. The zero-order chi connectivity index (χ0) is 17.4. The molecule has 1 aliphatic carbocycles. The van der Waals surface area contributed by atoms with Gasteiger partial charge < -0.3 is 11.5 Å². The molecule has 0 bridgehead atoms. The molecule has 2 heteroatoms. The minimum atomic E-state index is 0.631. The molecule has 0 unspecified atom stereocenters. The first-order valence-corrected chi connectivity index (χ1v) is 8.99. The Hall–Kier alpha value is -2.74. The van der Waals surface area contributed by atoms with E-state index in [2.05, 4.69) is 49.4 Å². The molecule has 0 amide bonds. The maximum absolute atomic E-state index is 6.00. The highest BCUT2D eigenvalue weighted by Gasteiger charge is 2.22. The topological polar surface area (TPSA) is 52.0 Å². The van der Waals surface area contributed by atoms with E-state index < -0.39 is 0 Å². The largest absolute Gasteiger partial charge is 0.397 e. The van der Waals surface area contributed by atoms with E-state index in [1.54, 1.807) is 0 Å². The molecule has 4 N–H and O–H groups in total. The van der Waals surface area contributed by atoms with Crippen molar-refractivity contribution in [3.05, 3.63) is 71.8 Å². The predicted octanol–water partition coefficient (Wildman–Crippen LogP) is 5.76. The minimum Gasteiger partial charge on any atom is -0.397 e. The summed E-state index contributed by atoms with van der Waals surface area (Å²) in [6.07, 6.45) is 3.97. The Bertz CT molecular complexity index is 923. The molecule has 2 nitrogen and oxygen atoms in total. The van der Waals surface area contributed by atoms with Crippen LogP contribution in [-0.2, 0) is 0 Å². The van der Waals surface area contributed by atoms with Crippen molar-refractivity contribution < 1.29 is 0 Å². The summed E-state index contributed by atoms with van der Waals surface area (Å²) in [7, 11) is 0. The first kappa shape index (κ1) is 15.8. The number of nitrogen functional groups attached to an aromatic ring is 2. The van der Waals surface area contributed by atoms with Crippen LogP contribution < -0.4 is 11.5 Å². The molecule has 3 aromatic carbocycles. The molecule has 0 aromatic heterocycles. The van der Waals surface area contributed by atoms with E-state index in [4.69, 9.17) is 11.5 Å². The van der Waals surface area contributed by atoms with E-state index in [0.717, 1.165) is 5.56 Å². The van der Waals surface area contributed by atoms with Crippen LogP contribution in [0.4, 0.5) is 11.4 Å². The molecule has 0 radical (unpaired) electrons. The van der Waals surface area contributed by atoms with Crippen molar-refractivity contribution in [1.29, 1.82) is 0 Å². The number of rotatable bonds is 3. The molecule has 0 heterocycles. The van der Waals surface area contributed by atoms with Crippen LogP contribution in [0.25, 0.3) is 22.3 Å². The molecular weight excluding hydrogens is 304 g/mol. The van der Waals surface area contributed by atoms with E-state index in [9.17, 15) is 0 Å². The third-order valence-electron chi connectivity index (χ3n) is 5.45. The van der Waals surface area contributed by atoms with Gasteiger partial charge in [0, 0.05) is 0 Å². The number of aryl methyl sites for hydroxylation is 1. The van der Waals surface area contributed by atoms with Gasteiger partial charge in [0.25, 0.3) is 0 Å². The zero-order valence-electron chi connectivity index (χ0n) is 14.6. The minimum absolute atomic E-state index is 0.631. The summed E-state index contributed by atoms with van der Waals surface area (Å²) in [4.78, 5) is 0. The summed E-state index contributed by atoms with van der Waals surface area (Å²) in [6, 6.07) is 21.4. The van der Waals surface area contributed by atoms with Crippen LogP contribution in [0.1, 0.15) is 36.3 Å². The number of benzene rings is 3. The second-order valence-corrected chi connectivity index (χ2v) is 7.09. The predicted molar refractivity (Wildman–Crippen MR) is 107 cm³/mol. The van der Waals surface area contributed by atoms with Crippen LogP contribution in [0, 0.1) is 6.92 Å². The average molecular weight is 328 g/mol. The Balaban J connectivity index is 1.82. The van der Waals surface area contributed by atoms with Crippen LogP contribution in [0.5, 0.6) is 0 Å². The van der Waals surface area contributed by atoms with Gasteiger partial charge in [0.2, 0.25) is 0 Å². The van der Waals surface area contributed by atoms with Gasteiger partial charge >= 0.3 is 0 Å². The number of hydrogen-bond acceptors (Lipinski definition) is 2. The van der Waals surface area contributed by atoms with Gasteiger partial charge in [0.05, 0.1) is 11.4 Å². The molecule has 0 aliphatic heterocycles. The van der Waals surface area contributed by atoms with E-state index in [1.165, 1.54) is 47.1 Å². The maximum atomic E-state index is 6.00. The molecule has 1 fully saturated rings. The molecular formula is C23H24N2. The summed E-state index contributed by atoms with van der Waals surface area (Å²) in [5.41, 5.74) is 20.9. The summed E-state index contributed by atoms with van der Waals surface area (Å²) < 4.78 is 0. The van der Waals surface area contributed by atoms with Crippen molar-refractivity contribution in [1.82, 2.24) is 0 Å². The summed E-state index contributed by atoms with van der Waals surface area (Å²) in [6.45, 7) is 2.19. The fourth-order valence-electron chi connectivity index (χ4n) is 3.66. The molecule has 4 rings (SSSR count). The SMILES string of the molecule is Cc1ccc(-c2ccc(N)c(N)c2)cc1-c1ccccc1C1CCC1. The Morgan fingerprint density at radius 3 is 2.20 bits per heavy atom. The monoisotopic (exact) mass is 328 g/mol. The van der Waals surface area contributed by atoms with E-state index in [-0.39, 0.29) is 0 Å². The van der Waals surface area contributed by atoms with E-state index in [0.29, 0.717) is 17.3 Å². The third-order valence-corrected chi connectivity index (χ3v) is 5.45. The second kappa shape index (κ2) is 6.29. The van der Waals surface area contributed by atoms with Gasteiger partial charge in [-0.2, -0.15) is 0 Å². The lowest BCUT2D eigenvalue weighted by atomic mass is 9.76. The molecule has 1 aliphatic rings. The Morgan fingerprint density at radius 2 is 1.48 bits per heavy atom. The number of hydrogen-bond donors (Lipinski definition) is 2. The molecule has 0 saturated heterocycles. The zero-order valence-corrected chi connectivity index (χ0v) is 14.6. The van der Waals surface area contributed by atoms with Crippen LogP contribution in [0.2, 0.25) is 0 Å². The van der Waals surface area contributed by atoms with Crippen LogP contribution in [0.15, 0.2) is 60.7 Å². The highest BCUT2D eigenvalue weighted by Crippen LogP contribution is 2.42. The highest BCUT2D eigenvalue weighted by molar-refractivity contribution is 5.80. The van der Waals surface area contributed by atoms with Crippen molar-refractivity contribution in [2.45, 2.75) is 32.1 Å². The molecule has 126 valence electrons. The lowest BCUT2D eigenvalue weighted by Crippen LogP contribution is -2.10. The lowest BCUT2D eigenvalue weighted by molar-refractivity contribution is 0.420. The second-order valence-electron chi connectivity index (χ2n) is 7.09. The first-order valence-electron chi connectivity index (χ1n) is 8.99. The standard InChI is InChI=1S/C23H24N2/c1-15-9-10-17(18-11-12-22(24)23(25)14-18)13-21(15)20-8-3-2-7-19(20)16-5-4-6-16/h2-3,7-14,16H,4-6,24-25H2,1H3. The fraction of sp³-hybridized carbons (Fsp3) is 0.217. The summed E-state index contributed by atoms with van der Waals surface area (Å²) >= 11 is 0. The van der Waals surface area contributed by atoms with Crippen LogP contribution >= 0.6 is 0 Å². The van der Waals surface area contributed by atoms with Crippen molar-refractivity contribution in [2.24, 2.45) is 0 Å². The maximum Gasteiger partial charge on any atom is 0.0554 e. The molecule has 1 saturated carbocycles. The molecule has 0 atom stereocenters. The van der Waals surface area contributed by atoms with Crippen molar-refractivity contribution in [3.8, 4) is 22.3 Å². The Labute approximate surface area is 149 Å². The Kier molecular flexibility index (Phi) is 3.96. The molecule has 25 heavy (non-hydrogen) atoms. The highest BCUT2D eigenvalue weighted by atomic mass is 14.7. The number of anilines is 2. The fourth-order valence-corrected chi connectivity index (χ4v) is 3.66. The van der Waals surface area contributed by atoms with Gasteiger partial charge in [0.15, 0.2) is 0 Å². The number of nitrogens with two attached hydrogens (primary N) is 2. The van der Waals surface area contributed by atoms with Gasteiger partial charge in [-0.3, -0.25) is 0 Å². The van der Waals surface area contributed by atoms with Crippen LogP contribution in [0.3, 0.4) is 0 Å². The average Bonchev–Trinajstić information content (AvgIpc) is 2.57. The van der Waals surface area contributed by atoms with Crippen molar-refractivity contribution in [2.75, 3.05) is 11.5 Å². The summed E-state index contributed by atoms with van der Waals surface area (Å²) in [5, 5.41) is 0. The van der Waals surface area contributed by atoms with E-state index >= 15 is 0 Å². The first-order chi connectivity index (χ1) is 12.1. The van der Waals surface area contributed by atoms with Crippen LogP contribution in [-0.4, -0.2) is 0 Å².